The van der Waals surface area contributed by atoms with Crippen LogP contribution in [0.1, 0.15) is 43.7 Å². The highest BCUT2D eigenvalue weighted by Gasteiger charge is 2.35. The molecule has 2 aromatic carbocycles. The Morgan fingerprint density at radius 3 is 2.16 bits per heavy atom. The summed E-state index contributed by atoms with van der Waals surface area (Å²) >= 11 is 2.13. The van der Waals surface area contributed by atoms with Gasteiger partial charge in [0.1, 0.15) is 11.4 Å². The first kappa shape index (κ1) is 23.3. The molecule has 0 saturated carbocycles. The van der Waals surface area contributed by atoms with E-state index in [1.54, 1.807) is 24.3 Å². The highest BCUT2D eigenvalue weighted by Crippen LogP contribution is 2.35. The molecular weight excluding hydrogens is 516 g/mol. The Labute approximate surface area is 193 Å². The van der Waals surface area contributed by atoms with Crippen LogP contribution in [-0.2, 0) is 12.6 Å². The Hall–Kier alpha value is -2.36. The van der Waals surface area contributed by atoms with Crippen LogP contribution < -0.4 is 10.6 Å². The van der Waals surface area contributed by atoms with Crippen LogP contribution in [0, 0.1) is 3.57 Å². The lowest BCUT2D eigenvalue weighted by molar-refractivity contribution is -0.137. The number of anilines is 4. The molecule has 8 heteroatoms. The number of halogens is 4. The molecule has 1 aromatic heterocycles. The molecule has 164 valence electrons. The van der Waals surface area contributed by atoms with Crippen LogP contribution in [0.2, 0.25) is 0 Å². The topological polar surface area (TPSA) is 49.8 Å². The number of unbranched alkanes of at least 4 members (excludes halogenated alkanes) is 3. The van der Waals surface area contributed by atoms with Crippen LogP contribution in [0.15, 0.2) is 54.7 Å². The van der Waals surface area contributed by atoms with E-state index < -0.39 is 11.7 Å². The first-order chi connectivity index (χ1) is 14.8. The summed E-state index contributed by atoms with van der Waals surface area (Å²) in [6.07, 6.45) is 2.05. The van der Waals surface area contributed by atoms with E-state index >= 15 is 0 Å². The molecule has 0 aliphatic heterocycles. The number of rotatable bonds is 9. The van der Waals surface area contributed by atoms with E-state index in [-0.39, 0.29) is 11.8 Å². The molecule has 0 spiro atoms. The van der Waals surface area contributed by atoms with Crippen molar-refractivity contribution in [3.05, 3.63) is 69.4 Å². The van der Waals surface area contributed by atoms with Crippen LogP contribution in [0.3, 0.4) is 0 Å². The molecule has 3 rings (SSSR count). The maximum atomic E-state index is 13.4. The second kappa shape index (κ2) is 10.8. The van der Waals surface area contributed by atoms with E-state index in [9.17, 15) is 13.2 Å². The van der Waals surface area contributed by atoms with Crippen LogP contribution in [-0.4, -0.2) is 9.97 Å². The number of nitrogens with zero attached hydrogens (tertiary/aromatic N) is 2. The van der Waals surface area contributed by atoms with Crippen molar-refractivity contribution in [2.45, 2.75) is 45.2 Å². The molecule has 0 aliphatic rings. The molecule has 3 aromatic rings. The van der Waals surface area contributed by atoms with Crippen molar-refractivity contribution in [2.24, 2.45) is 0 Å². The average Bonchev–Trinajstić information content (AvgIpc) is 2.73. The maximum absolute atomic E-state index is 13.4. The zero-order valence-corrected chi connectivity index (χ0v) is 19.3. The van der Waals surface area contributed by atoms with E-state index in [1.165, 1.54) is 24.8 Å². The van der Waals surface area contributed by atoms with Crippen molar-refractivity contribution in [1.29, 1.82) is 0 Å². The molecule has 0 atom stereocenters. The van der Waals surface area contributed by atoms with Crippen LogP contribution in [0.5, 0.6) is 0 Å². The minimum Gasteiger partial charge on any atom is -0.340 e. The van der Waals surface area contributed by atoms with Crippen molar-refractivity contribution >= 4 is 45.7 Å². The molecule has 0 fully saturated rings. The fraction of sp³-hybridized carbons (Fsp3) is 0.304. The van der Waals surface area contributed by atoms with E-state index in [0.29, 0.717) is 5.69 Å². The third-order valence-corrected chi connectivity index (χ3v) is 5.45. The zero-order chi connectivity index (χ0) is 22.3. The lowest BCUT2D eigenvalue weighted by atomic mass is 10.1. The largest absolute Gasteiger partial charge is 0.421 e. The average molecular weight is 540 g/mol. The van der Waals surface area contributed by atoms with Gasteiger partial charge in [0.15, 0.2) is 0 Å². The standard InChI is InChI=1S/C23H24F3IN4/c1-2-3-4-5-6-16-7-11-19(12-8-16)30-22-28-15-20(23(24,25)26)21(31-22)29-18-13-9-17(27)10-14-18/h7-15H,2-6H2,1H3,(H2,28,29,30,31). The Kier molecular flexibility index (Phi) is 8.11. The summed E-state index contributed by atoms with van der Waals surface area (Å²) in [6, 6.07) is 14.8. The molecule has 0 saturated heterocycles. The quantitative estimate of drug-likeness (QED) is 0.216. The van der Waals surface area contributed by atoms with E-state index in [0.717, 1.165) is 28.3 Å². The molecule has 31 heavy (non-hydrogen) atoms. The lowest BCUT2D eigenvalue weighted by Gasteiger charge is -2.15. The third-order valence-electron chi connectivity index (χ3n) is 4.73. The number of aryl methyl sites for hydroxylation is 1. The van der Waals surface area contributed by atoms with Crippen molar-refractivity contribution < 1.29 is 13.2 Å². The van der Waals surface area contributed by atoms with Gasteiger partial charge in [-0.05, 0) is 77.4 Å². The van der Waals surface area contributed by atoms with Gasteiger partial charge in [-0.3, -0.25) is 0 Å². The van der Waals surface area contributed by atoms with Gasteiger partial charge in [0.25, 0.3) is 0 Å². The lowest BCUT2D eigenvalue weighted by Crippen LogP contribution is -2.12. The van der Waals surface area contributed by atoms with Crippen molar-refractivity contribution in [1.82, 2.24) is 9.97 Å². The Morgan fingerprint density at radius 1 is 0.871 bits per heavy atom. The summed E-state index contributed by atoms with van der Waals surface area (Å²) < 4.78 is 41.3. The van der Waals surface area contributed by atoms with Gasteiger partial charge in [0.2, 0.25) is 5.95 Å². The maximum Gasteiger partial charge on any atom is 0.421 e. The van der Waals surface area contributed by atoms with E-state index in [1.807, 2.05) is 24.3 Å². The fourth-order valence-electron chi connectivity index (χ4n) is 3.05. The zero-order valence-electron chi connectivity index (χ0n) is 17.1. The van der Waals surface area contributed by atoms with E-state index in [4.69, 9.17) is 0 Å². The van der Waals surface area contributed by atoms with Crippen LogP contribution >= 0.6 is 22.6 Å². The van der Waals surface area contributed by atoms with Crippen molar-refractivity contribution in [3.8, 4) is 0 Å². The molecule has 1 heterocycles. The number of benzene rings is 2. The monoisotopic (exact) mass is 540 g/mol. The Bertz CT molecular complexity index is 974. The van der Waals surface area contributed by atoms with Gasteiger partial charge in [-0.2, -0.15) is 18.2 Å². The Morgan fingerprint density at radius 2 is 1.52 bits per heavy atom. The summed E-state index contributed by atoms with van der Waals surface area (Å²) in [7, 11) is 0. The first-order valence-corrected chi connectivity index (χ1v) is 11.3. The van der Waals surface area contributed by atoms with Gasteiger partial charge >= 0.3 is 6.18 Å². The number of hydrogen-bond donors (Lipinski definition) is 2. The molecule has 0 radical (unpaired) electrons. The molecule has 0 amide bonds. The number of nitrogens with one attached hydrogen (secondary N) is 2. The minimum atomic E-state index is -4.57. The van der Waals surface area contributed by atoms with Gasteiger partial charge in [0, 0.05) is 21.1 Å². The summed E-state index contributed by atoms with van der Waals surface area (Å²) in [6.45, 7) is 2.19. The predicted octanol–water partition coefficient (Wildman–Crippen LogP) is 7.71. The summed E-state index contributed by atoms with van der Waals surface area (Å²) in [5.74, 6) is -0.199. The fourth-order valence-corrected chi connectivity index (χ4v) is 3.41. The Balaban J connectivity index is 1.74. The molecule has 4 nitrogen and oxygen atoms in total. The highest BCUT2D eigenvalue weighted by molar-refractivity contribution is 14.1. The molecular formula is C23H24F3IN4. The van der Waals surface area contributed by atoms with Crippen LogP contribution in [0.25, 0.3) is 0 Å². The molecule has 0 aliphatic carbocycles. The summed E-state index contributed by atoms with van der Waals surface area (Å²) in [4.78, 5) is 7.96. The SMILES string of the molecule is CCCCCCc1ccc(Nc2ncc(C(F)(F)F)c(Nc3ccc(I)cc3)n2)cc1. The molecule has 2 N–H and O–H groups in total. The smallest absolute Gasteiger partial charge is 0.340 e. The predicted molar refractivity (Wildman–Crippen MR) is 127 cm³/mol. The molecule has 0 unspecified atom stereocenters. The second-order valence-electron chi connectivity index (χ2n) is 7.22. The van der Waals surface area contributed by atoms with E-state index in [2.05, 4.69) is 50.1 Å². The minimum absolute atomic E-state index is 0.0942. The van der Waals surface area contributed by atoms with Crippen molar-refractivity contribution in [3.63, 3.8) is 0 Å². The van der Waals surface area contributed by atoms with Gasteiger partial charge < -0.3 is 10.6 Å². The normalized spacial score (nSPS) is 11.4. The number of hydrogen-bond acceptors (Lipinski definition) is 4. The first-order valence-electron chi connectivity index (χ1n) is 10.2. The van der Waals surface area contributed by atoms with Crippen LogP contribution in [0.4, 0.5) is 36.3 Å². The van der Waals surface area contributed by atoms with Crippen molar-refractivity contribution in [2.75, 3.05) is 10.6 Å². The second-order valence-corrected chi connectivity index (χ2v) is 8.46. The van der Waals surface area contributed by atoms with Gasteiger partial charge in [-0.25, -0.2) is 4.98 Å². The van der Waals surface area contributed by atoms with Gasteiger partial charge in [-0.1, -0.05) is 38.3 Å². The summed E-state index contributed by atoms with van der Waals surface area (Å²) in [5.41, 5.74) is 1.55. The van der Waals surface area contributed by atoms with Gasteiger partial charge in [0.05, 0.1) is 0 Å². The number of aromatic nitrogens is 2. The third kappa shape index (κ3) is 7.09. The number of alkyl halides is 3. The summed E-state index contributed by atoms with van der Waals surface area (Å²) in [5, 5.41) is 5.75. The highest BCUT2D eigenvalue weighted by atomic mass is 127. The molecule has 0 bridgehead atoms. The van der Waals surface area contributed by atoms with Gasteiger partial charge in [-0.15, -0.1) is 0 Å².